The molecular formula is C15H22. The highest BCUT2D eigenvalue weighted by molar-refractivity contribution is 5.46. The fraction of sp³-hybridized carbons (Fsp3) is 0.333. The van der Waals surface area contributed by atoms with Gasteiger partial charge in [-0.25, -0.2) is 0 Å². The van der Waals surface area contributed by atoms with Crippen LogP contribution in [0.3, 0.4) is 0 Å². The maximum Gasteiger partial charge on any atom is -0.000721 e. The Hall–Kier alpha value is -1.30. The lowest BCUT2D eigenvalue weighted by Crippen LogP contribution is -1.98. The van der Waals surface area contributed by atoms with E-state index in [1.807, 2.05) is 32.9 Å². The molecule has 0 fully saturated rings. The molecule has 1 unspecified atom stereocenters. The zero-order chi connectivity index (χ0) is 11.8. The molecule has 0 saturated carbocycles. The highest BCUT2D eigenvalue weighted by atomic mass is 14.1. The van der Waals surface area contributed by atoms with E-state index in [4.69, 9.17) is 0 Å². The van der Waals surface area contributed by atoms with E-state index in [0.29, 0.717) is 5.92 Å². The largest absolute Gasteiger partial charge is 0.102 e. The van der Waals surface area contributed by atoms with E-state index in [1.54, 1.807) is 0 Å². The summed E-state index contributed by atoms with van der Waals surface area (Å²) in [5.74, 6) is 0.351. The standard InChI is InChI=1S/C15H22/c1-7-10-14(12(4)5)15(11-8-2)13(6)9-3/h7-11,13H,3-4H2,1-2,5-6H3. The fourth-order valence-electron chi connectivity index (χ4n) is 1.44. The fourth-order valence-corrected chi connectivity index (χ4v) is 1.44. The molecule has 0 spiro atoms. The van der Waals surface area contributed by atoms with Gasteiger partial charge >= 0.3 is 0 Å². The molecule has 0 saturated heterocycles. The van der Waals surface area contributed by atoms with Crippen molar-refractivity contribution in [1.29, 1.82) is 0 Å². The van der Waals surface area contributed by atoms with Crippen LogP contribution in [0.15, 0.2) is 60.3 Å². The van der Waals surface area contributed by atoms with Gasteiger partial charge in [-0.15, -0.1) is 6.58 Å². The van der Waals surface area contributed by atoms with Gasteiger partial charge in [-0.1, -0.05) is 49.5 Å². The second kappa shape index (κ2) is 7.05. The molecule has 0 radical (unpaired) electrons. The summed E-state index contributed by atoms with van der Waals surface area (Å²) in [4.78, 5) is 0. The van der Waals surface area contributed by atoms with Gasteiger partial charge in [0.05, 0.1) is 0 Å². The molecule has 0 aromatic rings. The Morgan fingerprint density at radius 2 is 1.67 bits per heavy atom. The van der Waals surface area contributed by atoms with Crippen LogP contribution < -0.4 is 0 Å². The molecule has 0 aromatic carbocycles. The summed E-state index contributed by atoms with van der Waals surface area (Å²) in [5, 5.41) is 0. The normalized spacial score (nSPS) is 15.5. The monoisotopic (exact) mass is 202 g/mol. The van der Waals surface area contributed by atoms with Crippen LogP contribution >= 0.6 is 0 Å². The van der Waals surface area contributed by atoms with Crippen molar-refractivity contribution >= 4 is 0 Å². The first-order valence-corrected chi connectivity index (χ1v) is 5.36. The first-order valence-electron chi connectivity index (χ1n) is 5.36. The number of rotatable bonds is 5. The molecule has 0 aliphatic carbocycles. The molecule has 0 aromatic heterocycles. The van der Waals surface area contributed by atoms with Gasteiger partial charge in [0.2, 0.25) is 0 Å². The lowest BCUT2D eigenvalue weighted by atomic mass is 9.92. The Morgan fingerprint density at radius 1 is 1.13 bits per heavy atom. The molecule has 0 rings (SSSR count). The molecule has 0 heteroatoms. The van der Waals surface area contributed by atoms with Crippen LogP contribution in [-0.4, -0.2) is 0 Å². The van der Waals surface area contributed by atoms with Crippen LogP contribution in [-0.2, 0) is 0 Å². The highest BCUT2D eigenvalue weighted by Gasteiger charge is 2.07. The van der Waals surface area contributed by atoms with Crippen molar-refractivity contribution in [3.05, 3.63) is 60.3 Å². The number of hydrogen-bond donors (Lipinski definition) is 0. The smallest absolute Gasteiger partial charge is 0.000721 e. The minimum absolute atomic E-state index is 0.351. The van der Waals surface area contributed by atoms with Gasteiger partial charge in [0.25, 0.3) is 0 Å². The Balaban J connectivity index is 5.53. The van der Waals surface area contributed by atoms with E-state index in [1.165, 1.54) is 11.1 Å². The van der Waals surface area contributed by atoms with Gasteiger partial charge in [-0.3, -0.25) is 0 Å². The Kier molecular flexibility index (Phi) is 6.44. The zero-order valence-corrected chi connectivity index (χ0v) is 10.4. The molecule has 0 bridgehead atoms. The molecule has 82 valence electrons. The first-order chi connectivity index (χ1) is 7.08. The third-order valence-corrected chi connectivity index (χ3v) is 2.29. The van der Waals surface area contributed by atoms with Crippen molar-refractivity contribution in [2.24, 2.45) is 5.92 Å². The summed E-state index contributed by atoms with van der Waals surface area (Å²) in [6, 6.07) is 0. The molecule has 1 atom stereocenters. The van der Waals surface area contributed by atoms with Crippen molar-refractivity contribution in [2.45, 2.75) is 27.7 Å². The minimum atomic E-state index is 0.351. The van der Waals surface area contributed by atoms with E-state index >= 15 is 0 Å². The van der Waals surface area contributed by atoms with Crippen molar-refractivity contribution < 1.29 is 0 Å². The third kappa shape index (κ3) is 4.16. The van der Waals surface area contributed by atoms with Crippen LogP contribution in [0.4, 0.5) is 0 Å². The Bertz CT molecular complexity index is 311. The molecule has 0 N–H and O–H groups in total. The third-order valence-electron chi connectivity index (χ3n) is 2.29. The van der Waals surface area contributed by atoms with Crippen molar-refractivity contribution in [3.63, 3.8) is 0 Å². The molecule has 0 amide bonds. The average Bonchev–Trinajstić information content (AvgIpc) is 2.21. The molecule has 0 aliphatic rings. The van der Waals surface area contributed by atoms with Gasteiger partial charge in [0.1, 0.15) is 0 Å². The zero-order valence-electron chi connectivity index (χ0n) is 10.4. The SMILES string of the molecule is C=CC(C)C(C=CC)=C(C=CC)C(=C)C. The van der Waals surface area contributed by atoms with Crippen LogP contribution in [0.25, 0.3) is 0 Å². The summed E-state index contributed by atoms with van der Waals surface area (Å²) in [7, 11) is 0. The van der Waals surface area contributed by atoms with Gasteiger partial charge < -0.3 is 0 Å². The predicted octanol–water partition coefficient (Wildman–Crippen LogP) is 4.83. The molecule has 0 heterocycles. The molecule has 0 nitrogen and oxygen atoms in total. The van der Waals surface area contributed by atoms with Crippen LogP contribution in [0.1, 0.15) is 27.7 Å². The number of hydrogen-bond acceptors (Lipinski definition) is 0. The quantitative estimate of drug-likeness (QED) is 0.442. The maximum absolute atomic E-state index is 4.02. The highest BCUT2D eigenvalue weighted by Crippen LogP contribution is 2.23. The number of allylic oxidation sites excluding steroid dienone is 8. The predicted molar refractivity (Wildman–Crippen MR) is 70.8 cm³/mol. The molecule has 0 aliphatic heterocycles. The minimum Gasteiger partial charge on any atom is -0.102 e. The van der Waals surface area contributed by atoms with Gasteiger partial charge in [0.15, 0.2) is 0 Å². The van der Waals surface area contributed by atoms with Gasteiger partial charge in [-0.2, -0.15) is 0 Å². The van der Waals surface area contributed by atoms with Gasteiger partial charge in [0, 0.05) is 0 Å². The summed E-state index contributed by atoms with van der Waals surface area (Å²) >= 11 is 0. The van der Waals surface area contributed by atoms with Crippen LogP contribution in [0.2, 0.25) is 0 Å². The molecule has 15 heavy (non-hydrogen) atoms. The first kappa shape index (κ1) is 13.7. The maximum atomic E-state index is 4.02. The van der Waals surface area contributed by atoms with E-state index in [-0.39, 0.29) is 0 Å². The summed E-state index contributed by atoms with van der Waals surface area (Å²) in [5.41, 5.74) is 3.58. The second-order valence-electron chi connectivity index (χ2n) is 3.67. The average molecular weight is 202 g/mol. The summed E-state index contributed by atoms with van der Waals surface area (Å²) in [6.07, 6.45) is 10.3. The Labute approximate surface area is 94.4 Å². The van der Waals surface area contributed by atoms with E-state index < -0.39 is 0 Å². The lowest BCUT2D eigenvalue weighted by Gasteiger charge is -2.13. The van der Waals surface area contributed by atoms with Crippen LogP contribution in [0.5, 0.6) is 0 Å². The van der Waals surface area contributed by atoms with Gasteiger partial charge in [-0.05, 0) is 37.8 Å². The van der Waals surface area contributed by atoms with Crippen LogP contribution in [0, 0.1) is 5.92 Å². The van der Waals surface area contributed by atoms with E-state index in [9.17, 15) is 0 Å². The Morgan fingerprint density at radius 3 is 2.00 bits per heavy atom. The topological polar surface area (TPSA) is 0 Å². The lowest BCUT2D eigenvalue weighted by molar-refractivity contribution is 0.883. The van der Waals surface area contributed by atoms with Crippen molar-refractivity contribution in [3.8, 4) is 0 Å². The van der Waals surface area contributed by atoms with Crippen molar-refractivity contribution in [2.75, 3.05) is 0 Å². The second-order valence-corrected chi connectivity index (χ2v) is 3.67. The van der Waals surface area contributed by atoms with E-state index in [0.717, 1.165) is 5.57 Å². The molecular weight excluding hydrogens is 180 g/mol. The summed E-state index contributed by atoms with van der Waals surface area (Å²) < 4.78 is 0. The van der Waals surface area contributed by atoms with Crippen molar-refractivity contribution in [1.82, 2.24) is 0 Å². The van der Waals surface area contributed by atoms with E-state index in [2.05, 4.69) is 38.3 Å². The summed E-state index contributed by atoms with van der Waals surface area (Å²) in [6.45, 7) is 16.1.